The lowest BCUT2D eigenvalue weighted by Gasteiger charge is -2.32. The first-order valence-corrected chi connectivity index (χ1v) is 9.27. The molecule has 1 aromatic heterocycles. The zero-order valence-electron chi connectivity index (χ0n) is 14.8. The van der Waals surface area contributed by atoms with E-state index in [2.05, 4.69) is 17.1 Å². The summed E-state index contributed by atoms with van der Waals surface area (Å²) in [6.07, 6.45) is 8.58. The van der Waals surface area contributed by atoms with Gasteiger partial charge in [0.1, 0.15) is 6.10 Å². The maximum Gasteiger partial charge on any atom is 0.214 e. The molecule has 1 heterocycles. The van der Waals surface area contributed by atoms with Crippen LogP contribution in [0.2, 0.25) is 0 Å². The number of aromatic nitrogens is 1. The lowest BCUT2D eigenvalue weighted by Crippen LogP contribution is -2.34. The quantitative estimate of drug-likeness (QED) is 0.833. The van der Waals surface area contributed by atoms with Crippen LogP contribution in [-0.2, 0) is 12.8 Å². The average molecular weight is 338 g/mol. The third-order valence-electron chi connectivity index (χ3n) is 5.67. The van der Waals surface area contributed by atoms with Gasteiger partial charge in [-0.1, -0.05) is 12.1 Å². The van der Waals surface area contributed by atoms with Gasteiger partial charge in [-0.25, -0.2) is 4.98 Å². The van der Waals surface area contributed by atoms with E-state index < -0.39 is 5.60 Å². The lowest BCUT2D eigenvalue weighted by molar-refractivity contribution is -0.0117. The highest BCUT2D eigenvalue weighted by Gasteiger charge is 2.29. The van der Waals surface area contributed by atoms with Gasteiger partial charge in [0.15, 0.2) is 0 Å². The Morgan fingerprint density at radius 3 is 2.80 bits per heavy atom. The summed E-state index contributed by atoms with van der Waals surface area (Å²) in [4.78, 5) is 4.37. The van der Waals surface area contributed by atoms with Crippen molar-refractivity contribution < 1.29 is 9.84 Å². The van der Waals surface area contributed by atoms with Gasteiger partial charge in [0.05, 0.1) is 5.60 Å². The van der Waals surface area contributed by atoms with Crippen LogP contribution in [0.1, 0.15) is 50.2 Å². The Balaban J connectivity index is 1.54. The molecule has 0 amide bonds. The van der Waals surface area contributed by atoms with Crippen LogP contribution >= 0.6 is 0 Å². The molecule has 0 bridgehead atoms. The molecule has 3 N–H and O–H groups in total. The van der Waals surface area contributed by atoms with E-state index >= 15 is 0 Å². The van der Waals surface area contributed by atoms with Crippen LogP contribution in [0.25, 0.3) is 11.1 Å². The number of nitrogens with two attached hydrogens (primary N) is 1. The third kappa shape index (κ3) is 3.36. The molecule has 0 unspecified atom stereocenters. The molecule has 4 heteroatoms. The summed E-state index contributed by atoms with van der Waals surface area (Å²) in [5.41, 5.74) is 11.6. The van der Waals surface area contributed by atoms with Crippen LogP contribution in [0.15, 0.2) is 30.5 Å². The molecule has 2 aliphatic rings. The minimum Gasteiger partial charge on any atom is -0.474 e. The van der Waals surface area contributed by atoms with Crippen molar-refractivity contribution in [1.82, 2.24) is 4.98 Å². The molecular weight excluding hydrogens is 312 g/mol. The number of hydrogen-bond donors (Lipinski definition) is 2. The fraction of sp³-hybridized carbons (Fsp3) is 0.476. The molecule has 0 spiro atoms. The largest absolute Gasteiger partial charge is 0.474 e. The van der Waals surface area contributed by atoms with Crippen molar-refractivity contribution >= 4 is 5.69 Å². The summed E-state index contributed by atoms with van der Waals surface area (Å²) >= 11 is 0. The fourth-order valence-electron chi connectivity index (χ4n) is 4.09. The molecule has 1 aromatic carbocycles. The first kappa shape index (κ1) is 16.4. The molecular formula is C21H26N2O2. The normalized spacial score (nSPS) is 25.6. The van der Waals surface area contributed by atoms with Gasteiger partial charge >= 0.3 is 0 Å². The second kappa shape index (κ2) is 6.34. The molecule has 4 nitrogen and oxygen atoms in total. The molecule has 4 rings (SSSR count). The minimum absolute atomic E-state index is 0.125. The molecule has 0 saturated heterocycles. The number of aliphatic hydroxyl groups is 1. The van der Waals surface area contributed by atoms with Gasteiger partial charge in [0.25, 0.3) is 0 Å². The first-order chi connectivity index (χ1) is 12.0. The van der Waals surface area contributed by atoms with E-state index in [1.807, 2.05) is 19.1 Å². The highest BCUT2D eigenvalue weighted by molar-refractivity contribution is 5.80. The standard InChI is InChI=1S/C21H26N2O2/c1-21(24)10-7-16(8-11-21)25-19-13-15(9-12-23-19)18-6-5-14-3-2-4-17(14)20(18)22/h5-6,9,12-13,16,24H,2-4,7-8,10-11,22H2,1H3/t16-,21-. The molecule has 1 saturated carbocycles. The van der Waals surface area contributed by atoms with E-state index in [0.717, 1.165) is 55.3 Å². The number of anilines is 1. The minimum atomic E-state index is -0.548. The highest BCUT2D eigenvalue weighted by atomic mass is 16.5. The van der Waals surface area contributed by atoms with Crippen LogP contribution in [0.5, 0.6) is 5.88 Å². The van der Waals surface area contributed by atoms with E-state index in [-0.39, 0.29) is 6.10 Å². The summed E-state index contributed by atoms with van der Waals surface area (Å²) in [5, 5.41) is 10.1. The van der Waals surface area contributed by atoms with Gasteiger partial charge in [0, 0.05) is 23.5 Å². The molecule has 25 heavy (non-hydrogen) atoms. The Bertz CT molecular complexity index is 775. The molecule has 0 radical (unpaired) electrons. The lowest BCUT2D eigenvalue weighted by atomic mass is 9.85. The van der Waals surface area contributed by atoms with Crippen LogP contribution in [0.4, 0.5) is 5.69 Å². The Kier molecular flexibility index (Phi) is 4.16. The summed E-state index contributed by atoms with van der Waals surface area (Å²) in [6, 6.07) is 8.31. The monoisotopic (exact) mass is 338 g/mol. The molecule has 0 aliphatic heterocycles. The summed E-state index contributed by atoms with van der Waals surface area (Å²) in [6.45, 7) is 1.90. The fourth-order valence-corrected chi connectivity index (χ4v) is 4.09. The number of fused-ring (bicyclic) bond motifs is 1. The molecule has 2 aliphatic carbocycles. The van der Waals surface area contributed by atoms with Crippen molar-refractivity contribution in [2.75, 3.05) is 5.73 Å². The van der Waals surface area contributed by atoms with Gasteiger partial charge in [-0.3, -0.25) is 0 Å². The second-order valence-corrected chi connectivity index (χ2v) is 7.71. The highest BCUT2D eigenvalue weighted by Crippen LogP contribution is 2.36. The van der Waals surface area contributed by atoms with E-state index in [1.165, 1.54) is 17.5 Å². The van der Waals surface area contributed by atoms with Gasteiger partial charge in [-0.05, 0) is 74.6 Å². The van der Waals surface area contributed by atoms with Crippen LogP contribution in [-0.4, -0.2) is 21.8 Å². The number of nitrogen functional groups attached to an aromatic ring is 1. The Hall–Kier alpha value is -2.07. The van der Waals surface area contributed by atoms with Gasteiger partial charge in [0.2, 0.25) is 5.88 Å². The zero-order chi connectivity index (χ0) is 17.4. The van der Waals surface area contributed by atoms with Crippen molar-refractivity contribution in [1.29, 1.82) is 0 Å². The van der Waals surface area contributed by atoms with E-state index in [0.29, 0.717) is 5.88 Å². The number of benzene rings is 1. The van der Waals surface area contributed by atoms with Crippen molar-refractivity contribution in [2.24, 2.45) is 0 Å². The molecule has 1 fully saturated rings. The smallest absolute Gasteiger partial charge is 0.214 e. The number of hydrogen-bond acceptors (Lipinski definition) is 4. The van der Waals surface area contributed by atoms with E-state index in [9.17, 15) is 5.11 Å². The third-order valence-corrected chi connectivity index (χ3v) is 5.67. The predicted octanol–water partition coefficient (Wildman–Crippen LogP) is 3.89. The predicted molar refractivity (Wildman–Crippen MR) is 99.6 cm³/mol. The summed E-state index contributed by atoms with van der Waals surface area (Å²) in [7, 11) is 0. The van der Waals surface area contributed by atoms with Crippen molar-refractivity contribution in [3.8, 4) is 17.0 Å². The number of pyridine rings is 1. The number of ether oxygens (including phenoxy) is 1. The second-order valence-electron chi connectivity index (χ2n) is 7.71. The van der Waals surface area contributed by atoms with E-state index in [4.69, 9.17) is 10.5 Å². The van der Waals surface area contributed by atoms with Crippen LogP contribution < -0.4 is 10.5 Å². The SMILES string of the molecule is C[C@]1(O)CC[C@H](Oc2cc(-c3ccc4c(c3N)CCC4)ccn2)CC1. The Morgan fingerprint density at radius 1 is 1.20 bits per heavy atom. The first-order valence-electron chi connectivity index (χ1n) is 9.27. The maximum absolute atomic E-state index is 10.1. The molecule has 0 atom stereocenters. The Morgan fingerprint density at radius 2 is 2.00 bits per heavy atom. The van der Waals surface area contributed by atoms with Crippen LogP contribution in [0.3, 0.4) is 0 Å². The average Bonchev–Trinajstić information content (AvgIpc) is 3.07. The van der Waals surface area contributed by atoms with Crippen molar-refractivity contribution in [2.45, 2.75) is 63.6 Å². The van der Waals surface area contributed by atoms with Crippen molar-refractivity contribution in [3.63, 3.8) is 0 Å². The zero-order valence-corrected chi connectivity index (χ0v) is 14.8. The summed E-state index contributed by atoms with van der Waals surface area (Å²) < 4.78 is 6.08. The maximum atomic E-state index is 10.1. The summed E-state index contributed by atoms with van der Waals surface area (Å²) in [5.74, 6) is 0.643. The number of aryl methyl sites for hydroxylation is 1. The molecule has 2 aromatic rings. The number of nitrogens with zero attached hydrogens (tertiary/aromatic N) is 1. The van der Waals surface area contributed by atoms with Gasteiger partial charge < -0.3 is 15.6 Å². The number of rotatable bonds is 3. The van der Waals surface area contributed by atoms with Crippen molar-refractivity contribution in [3.05, 3.63) is 41.6 Å². The topological polar surface area (TPSA) is 68.4 Å². The van der Waals surface area contributed by atoms with Gasteiger partial charge in [-0.15, -0.1) is 0 Å². The van der Waals surface area contributed by atoms with Gasteiger partial charge in [-0.2, -0.15) is 0 Å². The van der Waals surface area contributed by atoms with Crippen LogP contribution in [0, 0.1) is 0 Å². The molecule has 132 valence electrons. The Labute approximate surface area is 149 Å². The van der Waals surface area contributed by atoms with E-state index in [1.54, 1.807) is 6.20 Å².